The van der Waals surface area contributed by atoms with E-state index >= 15 is 0 Å². The van der Waals surface area contributed by atoms with E-state index in [0.717, 1.165) is 11.1 Å². The molecule has 0 saturated heterocycles. The van der Waals surface area contributed by atoms with Gasteiger partial charge in [0.1, 0.15) is 17.9 Å². The van der Waals surface area contributed by atoms with Crippen LogP contribution in [0.1, 0.15) is 56.1 Å². The van der Waals surface area contributed by atoms with Crippen molar-refractivity contribution in [1.82, 2.24) is 9.88 Å². The molecule has 0 spiro atoms. The third-order valence-corrected chi connectivity index (χ3v) is 7.22. The van der Waals surface area contributed by atoms with E-state index in [1.165, 1.54) is 23.3 Å². The number of aliphatic carboxylic acids is 1. The molecule has 3 N–H and O–H groups in total. The number of carboxylic acids is 1. The highest BCUT2D eigenvalue weighted by atomic mass is 32.2. The van der Waals surface area contributed by atoms with Gasteiger partial charge in [-0.2, -0.15) is 11.8 Å². The summed E-state index contributed by atoms with van der Waals surface area (Å²) in [4.78, 5) is 49.8. The van der Waals surface area contributed by atoms with E-state index in [0.29, 0.717) is 39.5 Å². The number of carbonyl (C=O) groups is 3. The van der Waals surface area contributed by atoms with Crippen molar-refractivity contribution in [1.29, 1.82) is 0 Å². The molecule has 34 heavy (non-hydrogen) atoms. The lowest BCUT2D eigenvalue weighted by Crippen LogP contribution is -2.41. The van der Waals surface area contributed by atoms with Crippen LogP contribution in [0, 0.1) is 0 Å². The highest BCUT2D eigenvalue weighted by Crippen LogP contribution is 2.49. The van der Waals surface area contributed by atoms with Gasteiger partial charge in [0, 0.05) is 28.3 Å². The molecule has 1 unspecified atom stereocenters. The minimum Gasteiger partial charge on any atom is -0.507 e. The monoisotopic (exact) mass is 476 g/mol. The summed E-state index contributed by atoms with van der Waals surface area (Å²) in [5, 5.41) is 21.8. The van der Waals surface area contributed by atoms with Crippen molar-refractivity contribution in [3.8, 4) is 16.9 Å². The fraction of sp³-hybridized carbons (Fsp3) is 0.200. The predicted octanol–water partition coefficient (Wildman–Crippen LogP) is 2.94. The van der Waals surface area contributed by atoms with Crippen LogP contribution in [0.5, 0.6) is 5.75 Å². The van der Waals surface area contributed by atoms with Crippen LogP contribution in [0.4, 0.5) is 0 Å². The van der Waals surface area contributed by atoms with E-state index in [9.17, 15) is 24.3 Å². The van der Waals surface area contributed by atoms with Crippen LogP contribution >= 0.6 is 11.8 Å². The summed E-state index contributed by atoms with van der Waals surface area (Å²) in [6.07, 6.45) is 0. The SMILES string of the molecule is CC(=O)c1c2ccc(-c3ccccc3)c1C2n1c2c(c(O)c(C(=O)NCC(=O)O)c1=O)CSC2. The lowest BCUT2D eigenvalue weighted by Gasteiger charge is -2.37. The Balaban J connectivity index is 1.72. The van der Waals surface area contributed by atoms with E-state index in [4.69, 9.17) is 5.11 Å². The second kappa shape index (κ2) is 8.18. The second-order valence-corrected chi connectivity index (χ2v) is 9.19. The number of rotatable bonds is 6. The number of aromatic nitrogens is 1. The number of nitrogens with zero attached hydrogens (tertiary/aromatic N) is 1. The van der Waals surface area contributed by atoms with Crippen LogP contribution in [0.15, 0.2) is 47.3 Å². The van der Waals surface area contributed by atoms with Gasteiger partial charge in [-0.3, -0.25) is 23.7 Å². The summed E-state index contributed by atoms with van der Waals surface area (Å²) in [5.41, 5.74) is 3.55. The number of pyridine rings is 1. The zero-order chi connectivity index (χ0) is 24.1. The van der Waals surface area contributed by atoms with Crippen molar-refractivity contribution < 1.29 is 24.6 Å². The van der Waals surface area contributed by atoms with Gasteiger partial charge < -0.3 is 15.5 Å². The van der Waals surface area contributed by atoms with Crippen molar-refractivity contribution >= 4 is 29.4 Å². The minimum absolute atomic E-state index is 0.115. The Labute approximate surface area is 198 Å². The molecule has 1 aliphatic carbocycles. The summed E-state index contributed by atoms with van der Waals surface area (Å²) in [7, 11) is 0. The number of carbonyl (C=O) groups excluding carboxylic acids is 2. The number of thioether (sulfide) groups is 1. The maximum Gasteiger partial charge on any atom is 0.322 e. The smallest absolute Gasteiger partial charge is 0.322 e. The Morgan fingerprint density at radius 3 is 2.50 bits per heavy atom. The first-order valence-electron chi connectivity index (χ1n) is 10.6. The number of ketones is 1. The van der Waals surface area contributed by atoms with Gasteiger partial charge in [-0.15, -0.1) is 0 Å². The molecule has 8 nitrogen and oxygen atoms in total. The molecular formula is C25H20N2O6S. The summed E-state index contributed by atoms with van der Waals surface area (Å²) in [6.45, 7) is 0.802. The Morgan fingerprint density at radius 2 is 1.82 bits per heavy atom. The molecule has 2 aliphatic rings. The average molecular weight is 477 g/mol. The summed E-state index contributed by atoms with van der Waals surface area (Å²) in [5.74, 6) is -1.87. The number of amides is 1. The van der Waals surface area contributed by atoms with Gasteiger partial charge in [0.15, 0.2) is 5.78 Å². The Bertz CT molecular complexity index is 1440. The summed E-state index contributed by atoms with van der Waals surface area (Å²) >= 11 is 1.50. The fourth-order valence-electron chi connectivity index (χ4n) is 4.81. The van der Waals surface area contributed by atoms with Crippen LogP contribution in [-0.2, 0) is 16.3 Å². The topological polar surface area (TPSA) is 126 Å². The first kappa shape index (κ1) is 22.0. The van der Waals surface area contributed by atoms with Crippen LogP contribution in [-0.4, -0.2) is 39.0 Å². The quantitative estimate of drug-likeness (QED) is 0.365. The molecule has 1 aliphatic heterocycles. The number of fused-ring (bicyclic) bond motifs is 3. The van der Waals surface area contributed by atoms with Crippen molar-refractivity contribution in [2.75, 3.05) is 6.54 Å². The molecule has 3 aromatic rings. The zero-order valence-electron chi connectivity index (χ0n) is 18.1. The van der Waals surface area contributed by atoms with E-state index in [1.54, 1.807) is 0 Å². The highest BCUT2D eigenvalue weighted by Gasteiger charge is 2.41. The van der Waals surface area contributed by atoms with Gasteiger partial charge in [0.05, 0.1) is 6.04 Å². The van der Waals surface area contributed by atoms with Crippen LogP contribution in [0.25, 0.3) is 11.1 Å². The van der Waals surface area contributed by atoms with Crippen molar-refractivity contribution in [2.45, 2.75) is 24.5 Å². The molecule has 2 aromatic carbocycles. The molecule has 9 heteroatoms. The second-order valence-electron chi connectivity index (χ2n) is 8.21. The number of Topliss-reactive ketones (excluding diaryl/α,β-unsaturated/α-hetero) is 1. The third-order valence-electron chi connectivity index (χ3n) is 6.25. The van der Waals surface area contributed by atoms with Crippen LogP contribution in [0.3, 0.4) is 0 Å². The van der Waals surface area contributed by atoms with E-state index in [2.05, 4.69) is 5.32 Å². The standard InChI is InChI=1S/C25H20N2O6S/c1-12(28)19-15-8-7-14(13-5-3-2-4-6-13)20(19)22(15)27-17-11-34-10-16(17)23(31)21(25(27)33)24(32)26-9-18(29)30/h2-8,22,31H,9-11H2,1H3,(H,26,32)(H,29,30). The summed E-state index contributed by atoms with van der Waals surface area (Å²) in [6, 6.07) is 12.7. The van der Waals surface area contributed by atoms with Gasteiger partial charge >= 0.3 is 5.97 Å². The third kappa shape index (κ3) is 3.23. The molecule has 2 heterocycles. The molecule has 1 aromatic heterocycles. The van der Waals surface area contributed by atoms with Crippen molar-refractivity contribution in [3.63, 3.8) is 0 Å². The van der Waals surface area contributed by atoms with E-state index < -0.39 is 41.3 Å². The van der Waals surface area contributed by atoms with E-state index in [-0.39, 0.29) is 5.78 Å². The van der Waals surface area contributed by atoms with Crippen molar-refractivity contribution in [3.05, 3.63) is 86.3 Å². The first-order chi connectivity index (χ1) is 16.3. The lowest BCUT2D eigenvalue weighted by atomic mass is 9.73. The average Bonchev–Trinajstić information content (AvgIpc) is 3.30. The van der Waals surface area contributed by atoms with Crippen molar-refractivity contribution in [2.24, 2.45) is 0 Å². The molecule has 0 radical (unpaired) electrons. The lowest BCUT2D eigenvalue weighted by molar-refractivity contribution is -0.135. The number of nitrogens with one attached hydrogen (secondary N) is 1. The Morgan fingerprint density at radius 1 is 1.09 bits per heavy atom. The number of benzene rings is 2. The molecule has 172 valence electrons. The molecule has 0 saturated carbocycles. The molecular weight excluding hydrogens is 456 g/mol. The van der Waals surface area contributed by atoms with Crippen LogP contribution in [0.2, 0.25) is 0 Å². The summed E-state index contributed by atoms with van der Waals surface area (Å²) < 4.78 is 1.49. The number of aromatic hydroxyl groups is 1. The maximum atomic E-state index is 13.7. The van der Waals surface area contributed by atoms with Gasteiger partial charge in [-0.25, -0.2) is 0 Å². The van der Waals surface area contributed by atoms with Crippen LogP contribution < -0.4 is 10.9 Å². The first-order valence-corrected chi connectivity index (χ1v) is 11.8. The van der Waals surface area contributed by atoms with Gasteiger partial charge in [-0.05, 0) is 29.2 Å². The molecule has 0 fully saturated rings. The molecule has 2 bridgehead atoms. The predicted molar refractivity (Wildman–Crippen MR) is 126 cm³/mol. The Kier molecular flexibility index (Phi) is 5.28. The largest absolute Gasteiger partial charge is 0.507 e. The molecule has 1 atom stereocenters. The molecule has 1 amide bonds. The maximum absolute atomic E-state index is 13.7. The van der Waals surface area contributed by atoms with Gasteiger partial charge in [0.2, 0.25) is 0 Å². The zero-order valence-corrected chi connectivity index (χ0v) is 18.9. The fourth-order valence-corrected chi connectivity index (χ4v) is 5.93. The van der Waals surface area contributed by atoms with E-state index in [1.807, 2.05) is 42.5 Å². The number of hydrogen-bond donors (Lipinski definition) is 3. The molecule has 5 rings (SSSR count). The van der Waals surface area contributed by atoms with Gasteiger partial charge in [0.25, 0.3) is 11.5 Å². The number of hydrogen-bond acceptors (Lipinski definition) is 6. The Hall–Kier alpha value is -3.85. The van der Waals surface area contributed by atoms with Gasteiger partial charge in [-0.1, -0.05) is 42.5 Å². The number of carboxylic acid groups (broad SMARTS) is 1. The minimum atomic E-state index is -1.27. The highest BCUT2D eigenvalue weighted by molar-refractivity contribution is 7.98. The normalized spacial score (nSPS) is 15.4.